The van der Waals surface area contributed by atoms with E-state index in [0.717, 1.165) is 11.3 Å². The fourth-order valence-corrected chi connectivity index (χ4v) is 5.43. The molecule has 0 radical (unpaired) electrons. The van der Waals surface area contributed by atoms with Gasteiger partial charge in [-0.25, -0.2) is 0 Å². The number of aliphatic hydroxyl groups excluding tert-OH is 1. The lowest BCUT2D eigenvalue weighted by molar-refractivity contribution is -0.132. The Kier molecular flexibility index (Phi) is 6.24. The van der Waals surface area contributed by atoms with Crippen LogP contribution in [0, 0.1) is 6.92 Å². The topological polar surface area (TPSA) is 120 Å². The number of hydrogen-bond donors (Lipinski definition) is 1. The van der Waals surface area contributed by atoms with E-state index >= 15 is 0 Å². The number of Topliss-reactive ketones (excluding diaryl/α,β-unsaturated/α-hetero) is 1. The number of aromatic nitrogens is 2. The molecule has 1 fully saturated rings. The third-order valence-electron chi connectivity index (χ3n) is 6.34. The number of aliphatic hydroxyl groups is 1. The van der Waals surface area contributed by atoms with Gasteiger partial charge in [0, 0.05) is 12.0 Å². The highest BCUT2D eigenvalue weighted by Crippen LogP contribution is 2.47. The number of rotatable bonds is 6. The van der Waals surface area contributed by atoms with E-state index in [0.29, 0.717) is 39.8 Å². The SMILES string of the molecule is COc1cc([C@@H]2C(=C(O)c3ccc4c(c3)C[C@@H](C)O4)C(=O)C(=O)N2c2nnc(C)s2)cc(OC)c1OC. The molecule has 0 unspecified atom stereocenters. The van der Waals surface area contributed by atoms with Crippen LogP contribution >= 0.6 is 11.3 Å². The van der Waals surface area contributed by atoms with Crippen molar-refractivity contribution in [2.75, 3.05) is 26.2 Å². The van der Waals surface area contributed by atoms with Crippen molar-refractivity contribution in [3.8, 4) is 23.0 Å². The monoisotopic (exact) mass is 523 g/mol. The fraction of sp³-hybridized carbons (Fsp3) is 0.308. The largest absolute Gasteiger partial charge is 0.507 e. The number of hydrogen-bond acceptors (Lipinski definition) is 10. The maximum Gasteiger partial charge on any atom is 0.301 e. The molecule has 2 aliphatic rings. The number of benzene rings is 2. The summed E-state index contributed by atoms with van der Waals surface area (Å²) >= 11 is 1.17. The van der Waals surface area contributed by atoms with Crippen molar-refractivity contribution >= 4 is 33.9 Å². The Hall–Kier alpha value is -4.12. The molecule has 3 heterocycles. The van der Waals surface area contributed by atoms with Gasteiger partial charge in [-0.2, -0.15) is 0 Å². The van der Waals surface area contributed by atoms with Crippen LogP contribution in [0.3, 0.4) is 0 Å². The average molecular weight is 524 g/mol. The van der Waals surface area contributed by atoms with Gasteiger partial charge in [0.05, 0.1) is 32.9 Å². The normalized spacial score (nSPS) is 20.1. The molecule has 10 nitrogen and oxygen atoms in total. The highest BCUT2D eigenvalue weighted by atomic mass is 32.1. The maximum absolute atomic E-state index is 13.4. The minimum Gasteiger partial charge on any atom is -0.507 e. The van der Waals surface area contributed by atoms with Crippen LogP contribution in [0.5, 0.6) is 23.0 Å². The third-order valence-corrected chi connectivity index (χ3v) is 7.18. The van der Waals surface area contributed by atoms with Crippen LogP contribution in [0.1, 0.15) is 34.7 Å². The summed E-state index contributed by atoms with van der Waals surface area (Å²) in [6.07, 6.45) is 0.684. The Balaban J connectivity index is 1.74. The van der Waals surface area contributed by atoms with Gasteiger partial charge in [0.15, 0.2) is 11.5 Å². The smallest absolute Gasteiger partial charge is 0.301 e. The molecule has 2 aromatic carbocycles. The Bertz CT molecular complexity index is 1420. The fourth-order valence-electron chi connectivity index (χ4n) is 4.71. The van der Waals surface area contributed by atoms with Crippen molar-refractivity contribution in [3.05, 3.63) is 57.6 Å². The van der Waals surface area contributed by atoms with Gasteiger partial charge in [-0.3, -0.25) is 14.5 Å². The molecule has 11 heteroatoms. The van der Waals surface area contributed by atoms with E-state index in [4.69, 9.17) is 18.9 Å². The number of ether oxygens (including phenoxy) is 4. The lowest BCUT2D eigenvalue weighted by atomic mass is 9.94. The first-order chi connectivity index (χ1) is 17.8. The molecular formula is C26H25N3O7S. The number of fused-ring (bicyclic) bond motifs is 1. The van der Waals surface area contributed by atoms with Crippen LogP contribution < -0.4 is 23.8 Å². The molecule has 2 aliphatic heterocycles. The van der Waals surface area contributed by atoms with E-state index < -0.39 is 17.7 Å². The molecule has 37 heavy (non-hydrogen) atoms. The average Bonchev–Trinajstić information content (AvgIpc) is 3.56. The Labute approximate surface area is 217 Å². The van der Waals surface area contributed by atoms with Crippen LogP contribution in [-0.4, -0.2) is 54.4 Å². The number of nitrogens with zero attached hydrogens (tertiary/aromatic N) is 3. The summed E-state index contributed by atoms with van der Waals surface area (Å²) in [7, 11) is 4.42. The molecule has 1 saturated heterocycles. The maximum atomic E-state index is 13.4. The van der Waals surface area contributed by atoms with Crippen molar-refractivity contribution in [3.63, 3.8) is 0 Å². The molecule has 0 spiro atoms. The van der Waals surface area contributed by atoms with Crippen LogP contribution in [0.2, 0.25) is 0 Å². The van der Waals surface area contributed by atoms with Crippen LogP contribution in [0.15, 0.2) is 35.9 Å². The second-order valence-electron chi connectivity index (χ2n) is 8.69. The molecule has 2 atom stereocenters. The lowest BCUT2D eigenvalue weighted by Gasteiger charge is -2.24. The predicted octanol–water partition coefficient (Wildman–Crippen LogP) is 3.82. The quantitative estimate of drug-likeness (QED) is 0.292. The molecule has 192 valence electrons. The van der Waals surface area contributed by atoms with Gasteiger partial charge in [-0.15, -0.1) is 10.2 Å². The van der Waals surface area contributed by atoms with Crippen molar-refractivity contribution in [2.24, 2.45) is 0 Å². The van der Waals surface area contributed by atoms with E-state index in [-0.39, 0.29) is 22.6 Å². The van der Waals surface area contributed by atoms with Gasteiger partial charge in [0.2, 0.25) is 10.9 Å². The second kappa shape index (κ2) is 9.40. The molecular weight excluding hydrogens is 498 g/mol. The van der Waals surface area contributed by atoms with E-state index in [1.165, 1.54) is 37.6 Å². The zero-order chi connectivity index (χ0) is 26.4. The summed E-state index contributed by atoms with van der Waals surface area (Å²) < 4.78 is 22.2. The van der Waals surface area contributed by atoms with E-state index in [2.05, 4.69) is 10.2 Å². The van der Waals surface area contributed by atoms with Crippen LogP contribution in [-0.2, 0) is 16.0 Å². The second-order valence-corrected chi connectivity index (χ2v) is 9.85. The molecule has 1 aromatic heterocycles. The lowest BCUT2D eigenvalue weighted by Crippen LogP contribution is -2.29. The minimum absolute atomic E-state index is 0.0119. The first kappa shape index (κ1) is 24.6. The first-order valence-corrected chi connectivity index (χ1v) is 12.3. The van der Waals surface area contributed by atoms with Crippen LogP contribution in [0.4, 0.5) is 5.13 Å². The molecule has 3 aromatic rings. The number of amides is 1. The summed E-state index contributed by atoms with van der Waals surface area (Å²) in [6.45, 7) is 3.71. The standard InChI is InChI=1S/C26H25N3O7S/c1-12-8-15-9-14(6-7-17(15)36-12)22(30)20-21(16-10-18(33-3)24(35-5)19(11-16)34-4)29(25(32)23(20)31)26-28-27-13(2)37-26/h6-7,9-12,21,30H,8H2,1-5H3/t12-,21-/m1/s1. The Morgan fingerprint density at radius 2 is 1.78 bits per heavy atom. The summed E-state index contributed by atoms with van der Waals surface area (Å²) in [6, 6.07) is 7.47. The van der Waals surface area contributed by atoms with Crippen molar-refractivity contribution in [1.82, 2.24) is 10.2 Å². The van der Waals surface area contributed by atoms with Gasteiger partial charge in [0.25, 0.3) is 5.78 Å². The number of methoxy groups -OCH3 is 3. The summed E-state index contributed by atoms with van der Waals surface area (Å²) in [5.74, 6) is -0.216. The van der Waals surface area contributed by atoms with Gasteiger partial charge < -0.3 is 24.1 Å². The van der Waals surface area contributed by atoms with Gasteiger partial charge in [-0.05, 0) is 55.3 Å². The van der Waals surface area contributed by atoms with Gasteiger partial charge >= 0.3 is 5.91 Å². The molecule has 0 bridgehead atoms. The first-order valence-electron chi connectivity index (χ1n) is 11.5. The third kappa shape index (κ3) is 4.05. The van der Waals surface area contributed by atoms with Crippen molar-refractivity contribution < 1.29 is 33.6 Å². The Morgan fingerprint density at radius 1 is 1.08 bits per heavy atom. The molecule has 0 aliphatic carbocycles. The predicted molar refractivity (Wildman–Crippen MR) is 136 cm³/mol. The minimum atomic E-state index is -1.02. The number of anilines is 1. The molecule has 1 amide bonds. The summed E-state index contributed by atoms with van der Waals surface area (Å²) in [4.78, 5) is 28.1. The Morgan fingerprint density at radius 3 is 2.38 bits per heavy atom. The number of aryl methyl sites for hydroxylation is 1. The zero-order valence-electron chi connectivity index (χ0n) is 20.9. The van der Waals surface area contributed by atoms with Crippen molar-refractivity contribution in [1.29, 1.82) is 0 Å². The van der Waals surface area contributed by atoms with Crippen LogP contribution in [0.25, 0.3) is 5.76 Å². The summed E-state index contributed by atoms with van der Waals surface area (Å²) in [5, 5.41) is 20.5. The van der Waals surface area contributed by atoms with E-state index in [9.17, 15) is 14.7 Å². The highest BCUT2D eigenvalue weighted by Gasteiger charge is 2.49. The number of carbonyl (C=O) groups excluding carboxylic acids is 2. The zero-order valence-corrected chi connectivity index (χ0v) is 21.7. The molecule has 0 saturated carbocycles. The van der Waals surface area contributed by atoms with Crippen molar-refractivity contribution in [2.45, 2.75) is 32.4 Å². The van der Waals surface area contributed by atoms with E-state index in [1.807, 2.05) is 6.92 Å². The van der Waals surface area contributed by atoms with E-state index in [1.54, 1.807) is 37.3 Å². The van der Waals surface area contributed by atoms with Gasteiger partial charge in [-0.1, -0.05) is 11.3 Å². The molecule has 1 N–H and O–H groups in total. The number of carbonyl (C=O) groups is 2. The molecule has 5 rings (SSSR count). The highest BCUT2D eigenvalue weighted by molar-refractivity contribution is 7.15. The van der Waals surface area contributed by atoms with Gasteiger partial charge in [0.1, 0.15) is 22.6 Å². The summed E-state index contributed by atoms with van der Waals surface area (Å²) in [5.41, 5.74) is 1.69. The number of ketones is 1.